The van der Waals surface area contributed by atoms with Crippen molar-refractivity contribution < 1.29 is 13.2 Å². The minimum atomic E-state index is -3.47. The molecule has 1 aliphatic rings. The lowest BCUT2D eigenvalue weighted by Crippen LogP contribution is -2.54. The van der Waals surface area contributed by atoms with Gasteiger partial charge in [-0.25, -0.2) is 13.1 Å². The summed E-state index contributed by atoms with van der Waals surface area (Å²) in [6, 6.07) is 8.35. The minimum Gasteiger partial charge on any atom is -0.350 e. The molecule has 1 fully saturated rings. The number of sulfonamides is 1. The second-order valence-electron chi connectivity index (χ2n) is 6.56. The number of carbonyl (C=O) groups excluding carboxylic acids is 1. The van der Waals surface area contributed by atoms with E-state index in [2.05, 4.69) is 20.5 Å². The highest BCUT2D eigenvalue weighted by molar-refractivity contribution is 7.89. The molecular weight excluding hydrogens is 402 g/mol. The van der Waals surface area contributed by atoms with Crippen LogP contribution in [-0.2, 0) is 26.9 Å². The molecule has 3 N–H and O–H groups in total. The Morgan fingerprint density at radius 3 is 2.50 bits per heavy atom. The summed E-state index contributed by atoms with van der Waals surface area (Å²) in [5.74, 6) is -0.0722. The van der Waals surface area contributed by atoms with Crippen LogP contribution in [0.2, 0.25) is 0 Å². The molecule has 28 heavy (non-hydrogen) atoms. The van der Waals surface area contributed by atoms with Crippen molar-refractivity contribution in [1.82, 2.24) is 25.1 Å². The van der Waals surface area contributed by atoms with Crippen molar-refractivity contribution in [2.45, 2.75) is 36.7 Å². The first kappa shape index (κ1) is 22.4. The van der Waals surface area contributed by atoms with Crippen LogP contribution in [0.15, 0.2) is 47.6 Å². The lowest BCUT2D eigenvalue weighted by molar-refractivity contribution is -0.132. The molecule has 0 unspecified atom stereocenters. The first-order valence-corrected chi connectivity index (χ1v) is 10.5. The topological polar surface area (TPSA) is 105 Å². The van der Waals surface area contributed by atoms with Gasteiger partial charge in [-0.1, -0.05) is 19.1 Å². The summed E-state index contributed by atoms with van der Waals surface area (Å²) >= 11 is 0. The van der Waals surface area contributed by atoms with Gasteiger partial charge in [0.15, 0.2) is 0 Å². The second-order valence-corrected chi connectivity index (χ2v) is 8.33. The quantitative estimate of drug-likeness (QED) is 0.611. The van der Waals surface area contributed by atoms with Crippen molar-refractivity contribution in [1.29, 1.82) is 0 Å². The van der Waals surface area contributed by atoms with E-state index in [0.29, 0.717) is 25.9 Å². The van der Waals surface area contributed by atoms with E-state index >= 15 is 0 Å². The summed E-state index contributed by atoms with van der Waals surface area (Å²) in [6.45, 7) is 3.91. The summed E-state index contributed by atoms with van der Waals surface area (Å²) in [5, 5.41) is 10.6. The SMILES string of the molecule is CCNS(=O)(=O)c1ccc(CNC(=O)C2(n3cccn3)CCNCC2)cc1.Cl. The number of hydrogen-bond donors (Lipinski definition) is 3. The molecule has 8 nitrogen and oxygen atoms in total. The molecule has 0 atom stereocenters. The fourth-order valence-corrected chi connectivity index (χ4v) is 4.37. The Kier molecular flexibility index (Phi) is 7.59. The van der Waals surface area contributed by atoms with Gasteiger partial charge in [0.05, 0.1) is 4.90 Å². The van der Waals surface area contributed by atoms with Crippen LogP contribution in [0.5, 0.6) is 0 Å². The van der Waals surface area contributed by atoms with E-state index in [0.717, 1.165) is 18.7 Å². The van der Waals surface area contributed by atoms with Crippen LogP contribution in [0.1, 0.15) is 25.3 Å². The van der Waals surface area contributed by atoms with Crippen molar-refractivity contribution in [2.24, 2.45) is 0 Å². The fourth-order valence-electron chi connectivity index (χ4n) is 3.33. The largest absolute Gasteiger partial charge is 0.350 e. The number of aromatic nitrogens is 2. The highest BCUT2D eigenvalue weighted by atomic mass is 35.5. The number of amides is 1. The van der Waals surface area contributed by atoms with Gasteiger partial charge in [0.2, 0.25) is 15.9 Å². The van der Waals surface area contributed by atoms with E-state index in [9.17, 15) is 13.2 Å². The Balaban J connectivity index is 0.00000280. The Bertz CT molecular complexity index is 863. The molecule has 0 bridgehead atoms. The van der Waals surface area contributed by atoms with E-state index in [1.54, 1.807) is 42.1 Å². The van der Waals surface area contributed by atoms with Crippen molar-refractivity contribution in [3.8, 4) is 0 Å². The maximum absolute atomic E-state index is 13.0. The lowest BCUT2D eigenvalue weighted by Gasteiger charge is -2.36. The van der Waals surface area contributed by atoms with Crippen LogP contribution in [0.4, 0.5) is 0 Å². The van der Waals surface area contributed by atoms with Crippen molar-refractivity contribution in [3.05, 3.63) is 48.3 Å². The molecule has 154 valence electrons. The average molecular weight is 428 g/mol. The second kappa shape index (κ2) is 9.51. The van der Waals surface area contributed by atoms with Gasteiger partial charge in [-0.2, -0.15) is 5.10 Å². The Morgan fingerprint density at radius 2 is 1.93 bits per heavy atom. The summed E-state index contributed by atoms with van der Waals surface area (Å²) < 4.78 is 28.2. The van der Waals surface area contributed by atoms with Gasteiger partial charge in [-0.05, 0) is 49.7 Å². The molecular formula is C18H26ClN5O3S. The zero-order chi connectivity index (χ0) is 19.3. The van der Waals surface area contributed by atoms with Crippen LogP contribution in [0.3, 0.4) is 0 Å². The molecule has 1 saturated heterocycles. The third-order valence-electron chi connectivity index (χ3n) is 4.82. The molecule has 10 heteroatoms. The van der Waals surface area contributed by atoms with E-state index in [-0.39, 0.29) is 23.2 Å². The summed E-state index contributed by atoms with van der Waals surface area (Å²) in [7, 11) is -3.47. The number of hydrogen-bond acceptors (Lipinski definition) is 5. The zero-order valence-electron chi connectivity index (χ0n) is 15.7. The molecule has 0 spiro atoms. The number of nitrogens with zero attached hydrogens (tertiary/aromatic N) is 2. The van der Waals surface area contributed by atoms with Crippen molar-refractivity contribution in [3.63, 3.8) is 0 Å². The summed E-state index contributed by atoms with van der Waals surface area (Å²) in [5.41, 5.74) is 0.145. The van der Waals surface area contributed by atoms with Gasteiger partial charge < -0.3 is 10.6 Å². The Morgan fingerprint density at radius 1 is 1.25 bits per heavy atom. The van der Waals surface area contributed by atoms with Gasteiger partial charge in [-0.15, -0.1) is 12.4 Å². The first-order chi connectivity index (χ1) is 13.0. The van der Waals surface area contributed by atoms with E-state index < -0.39 is 15.6 Å². The minimum absolute atomic E-state index is 0. The van der Waals surface area contributed by atoms with Gasteiger partial charge in [0.25, 0.3) is 0 Å². The van der Waals surface area contributed by atoms with E-state index in [1.165, 1.54) is 0 Å². The molecule has 2 heterocycles. The highest BCUT2D eigenvalue weighted by Gasteiger charge is 2.41. The standard InChI is InChI=1S/C18H25N5O3S.ClH/c1-2-22-27(25,26)16-6-4-15(5-7-16)14-20-17(24)18(8-11-19-12-9-18)23-13-3-10-21-23;/h3-7,10,13,19,22H,2,8-9,11-12,14H2,1H3,(H,20,24);1H. The molecule has 1 aromatic heterocycles. The molecule has 1 aromatic carbocycles. The van der Waals surface area contributed by atoms with E-state index in [1.807, 2.05) is 12.3 Å². The molecule has 1 amide bonds. The van der Waals surface area contributed by atoms with Crippen LogP contribution in [0, 0.1) is 0 Å². The third-order valence-corrected chi connectivity index (χ3v) is 6.38. The van der Waals surface area contributed by atoms with Crippen LogP contribution >= 0.6 is 12.4 Å². The van der Waals surface area contributed by atoms with Crippen LogP contribution in [-0.4, -0.2) is 43.7 Å². The Labute approximate surface area is 171 Å². The fraction of sp³-hybridized carbons (Fsp3) is 0.444. The Hall–Kier alpha value is -1.94. The smallest absolute Gasteiger partial charge is 0.248 e. The average Bonchev–Trinajstić information content (AvgIpc) is 3.22. The molecule has 0 aliphatic carbocycles. The first-order valence-electron chi connectivity index (χ1n) is 9.06. The predicted molar refractivity (Wildman–Crippen MR) is 109 cm³/mol. The number of halogens is 1. The van der Waals surface area contributed by atoms with Gasteiger partial charge in [0.1, 0.15) is 5.54 Å². The maximum atomic E-state index is 13.0. The molecule has 1 aliphatic heterocycles. The number of carbonyl (C=O) groups is 1. The van der Waals surface area contributed by atoms with Crippen molar-refractivity contribution >= 4 is 28.3 Å². The van der Waals surface area contributed by atoms with Crippen LogP contribution in [0.25, 0.3) is 0 Å². The number of piperidine rings is 1. The number of benzene rings is 1. The van der Waals surface area contributed by atoms with Gasteiger partial charge in [-0.3, -0.25) is 9.48 Å². The van der Waals surface area contributed by atoms with Crippen LogP contribution < -0.4 is 15.4 Å². The number of nitrogens with one attached hydrogen (secondary N) is 3. The van der Waals surface area contributed by atoms with Gasteiger partial charge >= 0.3 is 0 Å². The molecule has 2 aromatic rings. The lowest BCUT2D eigenvalue weighted by atomic mass is 9.87. The van der Waals surface area contributed by atoms with E-state index in [4.69, 9.17) is 0 Å². The molecule has 0 radical (unpaired) electrons. The van der Waals surface area contributed by atoms with Gasteiger partial charge in [0, 0.05) is 25.5 Å². The third kappa shape index (κ3) is 4.72. The predicted octanol–water partition coefficient (Wildman–Crippen LogP) is 0.998. The monoisotopic (exact) mass is 427 g/mol. The zero-order valence-corrected chi connectivity index (χ0v) is 17.4. The molecule has 0 saturated carbocycles. The molecule has 3 rings (SSSR count). The normalized spacial score (nSPS) is 16.2. The highest BCUT2D eigenvalue weighted by Crippen LogP contribution is 2.27. The van der Waals surface area contributed by atoms with Crippen molar-refractivity contribution in [2.75, 3.05) is 19.6 Å². The maximum Gasteiger partial charge on any atom is 0.248 e. The number of rotatable bonds is 7. The summed E-state index contributed by atoms with van der Waals surface area (Å²) in [6.07, 6.45) is 4.84. The summed E-state index contributed by atoms with van der Waals surface area (Å²) in [4.78, 5) is 13.2.